The van der Waals surface area contributed by atoms with Gasteiger partial charge in [-0.25, -0.2) is 0 Å². The van der Waals surface area contributed by atoms with E-state index in [1.54, 1.807) is 0 Å². The second-order valence-corrected chi connectivity index (χ2v) is 7.70. The first-order valence-corrected chi connectivity index (χ1v) is 9.33. The van der Waals surface area contributed by atoms with E-state index in [0.29, 0.717) is 18.1 Å². The Kier molecular flexibility index (Phi) is 4.14. The molecule has 124 valence electrons. The van der Waals surface area contributed by atoms with Gasteiger partial charge in [-0.3, -0.25) is 9.69 Å². The molecule has 0 N–H and O–H groups in total. The summed E-state index contributed by atoms with van der Waals surface area (Å²) in [5.74, 6) is 0.804. The Bertz CT molecular complexity index is 564. The van der Waals surface area contributed by atoms with E-state index in [1.165, 1.54) is 37.1 Å². The molecule has 2 heterocycles. The van der Waals surface area contributed by atoms with Gasteiger partial charge in [0.1, 0.15) is 5.78 Å². The largest absolute Gasteiger partial charge is 0.370 e. The third-order valence-electron chi connectivity index (χ3n) is 5.95. The second-order valence-electron chi connectivity index (χ2n) is 7.70. The van der Waals surface area contributed by atoms with Gasteiger partial charge in [-0.15, -0.1) is 0 Å². The molecule has 3 nitrogen and oxygen atoms in total. The van der Waals surface area contributed by atoms with E-state index in [9.17, 15) is 4.79 Å². The molecule has 2 aliphatic heterocycles. The van der Waals surface area contributed by atoms with Crippen molar-refractivity contribution in [3.05, 3.63) is 29.8 Å². The van der Waals surface area contributed by atoms with Crippen LogP contribution in [0.2, 0.25) is 0 Å². The summed E-state index contributed by atoms with van der Waals surface area (Å²) in [5, 5.41) is 0. The summed E-state index contributed by atoms with van der Waals surface area (Å²) >= 11 is 0. The standard InChI is InChI=1S/C20H28N2O/c1-15-3-2-11-22(15)19-10-12-21(14-19)18-8-4-16(5-9-18)13-20(23)17-6-7-17/h4-5,8-9,15,17,19H,2-3,6-7,10-14H2,1H3. The van der Waals surface area contributed by atoms with Crippen LogP contribution in [-0.4, -0.2) is 42.4 Å². The number of hydrogen-bond donors (Lipinski definition) is 0. The van der Waals surface area contributed by atoms with Crippen LogP contribution >= 0.6 is 0 Å². The molecule has 3 aliphatic rings. The lowest BCUT2D eigenvalue weighted by Crippen LogP contribution is -2.39. The summed E-state index contributed by atoms with van der Waals surface area (Å²) in [6.45, 7) is 5.97. The number of rotatable bonds is 5. The Hall–Kier alpha value is -1.35. The van der Waals surface area contributed by atoms with E-state index < -0.39 is 0 Å². The van der Waals surface area contributed by atoms with Crippen LogP contribution in [-0.2, 0) is 11.2 Å². The molecule has 1 saturated carbocycles. The van der Waals surface area contributed by atoms with E-state index >= 15 is 0 Å². The van der Waals surface area contributed by atoms with Gasteiger partial charge in [0, 0.05) is 43.2 Å². The van der Waals surface area contributed by atoms with Crippen LogP contribution in [0.15, 0.2) is 24.3 Å². The second kappa shape index (κ2) is 6.27. The van der Waals surface area contributed by atoms with Crippen molar-refractivity contribution in [3.63, 3.8) is 0 Å². The number of carbonyl (C=O) groups is 1. The van der Waals surface area contributed by atoms with E-state index in [0.717, 1.165) is 38.0 Å². The quantitative estimate of drug-likeness (QED) is 0.834. The van der Waals surface area contributed by atoms with Crippen molar-refractivity contribution in [1.82, 2.24) is 4.90 Å². The van der Waals surface area contributed by atoms with Crippen LogP contribution in [0.5, 0.6) is 0 Å². The van der Waals surface area contributed by atoms with E-state index in [-0.39, 0.29) is 0 Å². The van der Waals surface area contributed by atoms with Gasteiger partial charge in [-0.1, -0.05) is 12.1 Å². The monoisotopic (exact) mass is 312 g/mol. The fourth-order valence-corrected chi connectivity index (χ4v) is 4.32. The van der Waals surface area contributed by atoms with Crippen molar-refractivity contribution in [3.8, 4) is 0 Å². The number of anilines is 1. The average molecular weight is 312 g/mol. The molecule has 3 fully saturated rings. The van der Waals surface area contributed by atoms with Crippen LogP contribution in [0, 0.1) is 5.92 Å². The van der Waals surface area contributed by atoms with E-state index in [4.69, 9.17) is 0 Å². The molecule has 3 heteroatoms. The number of ketones is 1. The molecule has 0 spiro atoms. The Morgan fingerprint density at radius 3 is 2.52 bits per heavy atom. The summed E-state index contributed by atoms with van der Waals surface area (Å²) in [4.78, 5) is 17.1. The highest BCUT2D eigenvalue weighted by Gasteiger charge is 2.33. The summed E-state index contributed by atoms with van der Waals surface area (Å²) in [6, 6.07) is 10.2. The summed E-state index contributed by atoms with van der Waals surface area (Å²) in [7, 11) is 0. The first-order chi connectivity index (χ1) is 11.2. The summed E-state index contributed by atoms with van der Waals surface area (Å²) in [5.41, 5.74) is 2.50. The predicted molar refractivity (Wildman–Crippen MR) is 93.9 cm³/mol. The normalized spacial score (nSPS) is 28.5. The molecule has 1 aromatic rings. The Balaban J connectivity index is 1.36. The number of carbonyl (C=O) groups excluding carboxylic acids is 1. The van der Waals surface area contributed by atoms with Crippen molar-refractivity contribution in [1.29, 1.82) is 0 Å². The van der Waals surface area contributed by atoms with Gasteiger partial charge >= 0.3 is 0 Å². The van der Waals surface area contributed by atoms with Gasteiger partial charge in [0.2, 0.25) is 0 Å². The minimum Gasteiger partial charge on any atom is -0.370 e. The van der Waals surface area contributed by atoms with Gasteiger partial charge < -0.3 is 4.90 Å². The fraction of sp³-hybridized carbons (Fsp3) is 0.650. The summed E-state index contributed by atoms with van der Waals surface area (Å²) in [6.07, 6.45) is 6.86. The van der Waals surface area contributed by atoms with Crippen molar-refractivity contribution in [2.45, 2.75) is 57.5 Å². The number of Topliss-reactive ketones (excluding diaryl/α,β-unsaturated/α-hetero) is 1. The Labute approximate surface area is 139 Å². The zero-order valence-electron chi connectivity index (χ0n) is 14.2. The minimum absolute atomic E-state index is 0.372. The van der Waals surface area contributed by atoms with Gasteiger partial charge in [-0.05, 0) is 63.3 Å². The van der Waals surface area contributed by atoms with Gasteiger partial charge in [0.15, 0.2) is 0 Å². The Morgan fingerprint density at radius 2 is 1.87 bits per heavy atom. The molecule has 23 heavy (non-hydrogen) atoms. The Morgan fingerprint density at radius 1 is 1.09 bits per heavy atom. The lowest BCUT2D eigenvalue weighted by Gasteiger charge is -2.28. The van der Waals surface area contributed by atoms with Gasteiger partial charge in [0.25, 0.3) is 0 Å². The molecule has 0 radical (unpaired) electrons. The molecule has 2 saturated heterocycles. The van der Waals surface area contributed by atoms with Crippen LogP contribution in [0.25, 0.3) is 0 Å². The lowest BCUT2D eigenvalue weighted by molar-refractivity contribution is -0.119. The van der Waals surface area contributed by atoms with Crippen molar-refractivity contribution < 1.29 is 4.79 Å². The van der Waals surface area contributed by atoms with E-state index in [2.05, 4.69) is 41.0 Å². The molecular formula is C20H28N2O. The number of benzene rings is 1. The first kappa shape index (κ1) is 15.2. The molecule has 1 aliphatic carbocycles. The molecule has 2 unspecified atom stereocenters. The first-order valence-electron chi connectivity index (χ1n) is 9.33. The fourth-order valence-electron chi connectivity index (χ4n) is 4.32. The van der Waals surface area contributed by atoms with Crippen LogP contribution in [0.4, 0.5) is 5.69 Å². The topological polar surface area (TPSA) is 23.6 Å². The van der Waals surface area contributed by atoms with E-state index in [1.807, 2.05) is 0 Å². The van der Waals surface area contributed by atoms with Gasteiger partial charge in [-0.2, -0.15) is 0 Å². The molecular weight excluding hydrogens is 284 g/mol. The SMILES string of the molecule is CC1CCCN1C1CCN(c2ccc(CC(=O)C3CC3)cc2)C1. The van der Waals surface area contributed by atoms with Crippen molar-refractivity contribution >= 4 is 11.5 Å². The van der Waals surface area contributed by atoms with Crippen LogP contribution in [0.1, 0.15) is 44.6 Å². The van der Waals surface area contributed by atoms with Crippen LogP contribution in [0.3, 0.4) is 0 Å². The van der Waals surface area contributed by atoms with Crippen molar-refractivity contribution in [2.75, 3.05) is 24.5 Å². The third-order valence-corrected chi connectivity index (χ3v) is 5.95. The average Bonchev–Trinajstić information content (AvgIpc) is 3.15. The molecule has 4 rings (SSSR count). The smallest absolute Gasteiger partial charge is 0.140 e. The highest BCUT2D eigenvalue weighted by molar-refractivity contribution is 5.85. The molecule has 0 bridgehead atoms. The van der Waals surface area contributed by atoms with Crippen LogP contribution < -0.4 is 4.90 Å². The third kappa shape index (κ3) is 3.30. The minimum atomic E-state index is 0.372. The highest BCUT2D eigenvalue weighted by Crippen LogP contribution is 2.31. The zero-order chi connectivity index (χ0) is 15.8. The molecule has 0 aromatic heterocycles. The zero-order valence-corrected chi connectivity index (χ0v) is 14.2. The molecule has 1 aromatic carbocycles. The molecule has 0 amide bonds. The lowest BCUT2D eigenvalue weighted by atomic mass is 10.1. The molecule has 2 atom stereocenters. The predicted octanol–water partition coefficient (Wildman–Crippen LogP) is 3.27. The number of likely N-dealkylation sites (tertiary alicyclic amines) is 1. The maximum atomic E-state index is 11.9. The number of hydrogen-bond acceptors (Lipinski definition) is 3. The van der Waals surface area contributed by atoms with Crippen molar-refractivity contribution in [2.24, 2.45) is 5.92 Å². The maximum Gasteiger partial charge on any atom is 0.140 e. The maximum absolute atomic E-state index is 11.9. The highest BCUT2D eigenvalue weighted by atomic mass is 16.1. The number of nitrogens with zero attached hydrogens (tertiary/aromatic N) is 2. The summed E-state index contributed by atoms with van der Waals surface area (Å²) < 4.78 is 0. The van der Waals surface area contributed by atoms with Gasteiger partial charge in [0.05, 0.1) is 0 Å².